The van der Waals surface area contributed by atoms with Crippen LogP contribution >= 0.6 is 0 Å². The Labute approximate surface area is 72.2 Å². The summed E-state index contributed by atoms with van der Waals surface area (Å²) in [6.45, 7) is 2.25. The van der Waals surface area contributed by atoms with E-state index in [1.807, 2.05) is 6.07 Å². The maximum absolute atomic E-state index is 8.97. The third-order valence-electron chi connectivity index (χ3n) is 1.42. The Bertz CT molecular complexity index is 231. The fourth-order valence-electron chi connectivity index (χ4n) is 0.804. The number of nitrogens with one attached hydrogen (secondary N) is 1. The average Bonchev–Trinajstić information content (AvgIpc) is 2.03. The molecule has 0 aliphatic rings. The minimum atomic E-state index is -0.351. The van der Waals surface area contributed by atoms with Crippen LogP contribution in [0.5, 0.6) is 0 Å². The molecule has 3 heteroatoms. The van der Waals surface area contributed by atoms with Gasteiger partial charge in [0.05, 0.1) is 6.10 Å². The lowest BCUT2D eigenvalue weighted by atomic mass is 10.3. The lowest BCUT2D eigenvalue weighted by molar-refractivity contribution is 0.208. The second-order valence-corrected chi connectivity index (χ2v) is 2.77. The van der Waals surface area contributed by atoms with E-state index in [0.717, 1.165) is 5.69 Å². The summed E-state index contributed by atoms with van der Waals surface area (Å²) in [6, 6.07) is 8.27. The molecule has 65 valence electrons. The Balaban J connectivity index is 2.48. The van der Waals surface area contributed by atoms with Gasteiger partial charge in [0.1, 0.15) is 0 Å². The zero-order chi connectivity index (χ0) is 8.97. The fourth-order valence-corrected chi connectivity index (χ4v) is 0.804. The summed E-state index contributed by atoms with van der Waals surface area (Å²) < 4.78 is 0. The van der Waals surface area contributed by atoms with E-state index in [2.05, 4.69) is 11.4 Å². The summed E-state index contributed by atoms with van der Waals surface area (Å²) in [7, 11) is 0. The number of nitrogen functional groups attached to an aromatic ring is 1. The molecule has 0 aromatic heterocycles. The number of aliphatic hydroxyl groups excluding tert-OH is 1. The van der Waals surface area contributed by atoms with Crippen LogP contribution in [-0.4, -0.2) is 17.8 Å². The van der Waals surface area contributed by atoms with Crippen molar-refractivity contribution in [3.8, 4) is 0 Å². The van der Waals surface area contributed by atoms with Gasteiger partial charge in [-0.1, -0.05) is 0 Å². The first-order valence-electron chi connectivity index (χ1n) is 3.87. The predicted octanol–water partition coefficient (Wildman–Crippen LogP) is 0.862. The highest BCUT2D eigenvalue weighted by Crippen LogP contribution is 2.08. The third-order valence-corrected chi connectivity index (χ3v) is 1.42. The summed E-state index contributed by atoms with van der Waals surface area (Å²) in [4.78, 5) is 0. The zero-order valence-electron chi connectivity index (χ0n) is 7.04. The smallest absolute Gasteiger partial charge is 0.0684 e. The summed E-state index contributed by atoms with van der Waals surface area (Å²) >= 11 is 0. The highest BCUT2D eigenvalue weighted by atomic mass is 16.3. The molecule has 0 fully saturated rings. The van der Waals surface area contributed by atoms with E-state index in [9.17, 15) is 0 Å². The molecule has 4 N–H and O–H groups in total. The van der Waals surface area contributed by atoms with E-state index in [4.69, 9.17) is 10.8 Å². The summed E-state index contributed by atoms with van der Waals surface area (Å²) in [5.74, 6) is 0. The van der Waals surface area contributed by atoms with Crippen LogP contribution in [0.15, 0.2) is 18.2 Å². The first-order valence-corrected chi connectivity index (χ1v) is 3.87. The van der Waals surface area contributed by atoms with E-state index in [1.54, 1.807) is 19.1 Å². The zero-order valence-corrected chi connectivity index (χ0v) is 7.04. The van der Waals surface area contributed by atoms with Crippen LogP contribution in [0.25, 0.3) is 0 Å². The number of anilines is 2. The van der Waals surface area contributed by atoms with Crippen LogP contribution in [0, 0.1) is 6.07 Å². The molecule has 0 aliphatic heterocycles. The van der Waals surface area contributed by atoms with Crippen molar-refractivity contribution >= 4 is 11.4 Å². The molecule has 1 atom stereocenters. The van der Waals surface area contributed by atoms with E-state index < -0.39 is 0 Å². The van der Waals surface area contributed by atoms with Gasteiger partial charge in [-0.3, -0.25) is 0 Å². The van der Waals surface area contributed by atoms with Crippen LogP contribution in [0.4, 0.5) is 11.4 Å². The first kappa shape index (κ1) is 8.87. The topological polar surface area (TPSA) is 58.3 Å². The highest BCUT2D eigenvalue weighted by Gasteiger charge is 1.95. The van der Waals surface area contributed by atoms with Crippen LogP contribution in [0.3, 0.4) is 0 Å². The van der Waals surface area contributed by atoms with Crippen molar-refractivity contribution in [1.82, 2.24) is 0 Å². The molecule has 0 aliphatic carbocycles. The Morgan fingerprint density at radius 2 is 2.42 bits per heavy atom. The van der Waals surface area contributed by atoms with Gasteiger partial charge in [-0.15, -0.1) is 0 Å². The number of hydrogen-bond acceptors (Lipinski definition) is 3. The Kier molecular flexibility index (Phi) is 2.94. The molecule has 1 unspecified atom stereocenters. The van der Waals surface area contributed by atoms with E-state index in [1.165, 1.54) is 0 Å². The highest BCUT2D eigenvalue weighted by molar-refractivity contribution is 5.50. The number of hydrogen-bond donors (Lipinski definition) is 3. The first-order chi connectivity index (χ1) is 5.68. The molecule has 0 heterocycles. The van der Waals surface area contributed by atoms with Crippen LogP contribution < -0.4 is 11.1 Å². The molecular formula is C9H13N2O. The molecule has 0 bridgehead atoms. The predicted molar refractivity (Wildman–Crippen MR) is 49.9 cm³/mol. The number of aliphatic hydroxyl groups is 1. The minimum absolute atomic E-state index is 0.351. The molecule has 1 aromatic rings. The number of nitrogens with two attached hydrogens (primary N) is 1. The third kappa shape index (κ3) is 2.80. The van der Waals surface area contributed by atoms with Gasteiger partial charge in [-0.2, -0.15) is 0 Å². The molecule has 12 heavy (non-hydrogen) atoms. The second kappa shape index (κ2) is 3.97. The molecule has 3 nitrogen and oxygen atoms in total. The van der Waals surface area contributed by atoms with Gasteiger partial charge in [-0.05, 0) is 25.1 Å². The number of rotatable bonds is 3. The molecule has 1 rings (SSSR count). The largest absolute Gasteiger partial charge is 0.399 e. The Morgan fingerprint density at radius 1 is 1.67 bits per heavy atom. The van der Waals surface area contributed by atoms with E-state index in [0.29, 0.717) is 12.2 Å². The fraction of sp³-hybridized carbons (Fsp3) is 0.333. The summed E-state index contributed by atoms with van der Waals surface area (Å²) in [5.41, 5.74) is 7.02. The van der Waals surface area contributed by atoms with Crippen molar-refractivity contribution < 1.29 is 5.11 Å². The van der Waals surface area contributed by atoms with Crippen LogP contribution in [0.2, 0.25) is 0 Å². The molecule has 1 aromatic carbocycles. The second-order valence-electron chi connectivity index (χ2n) is 2.77. The Morgan fingerprint density at radius 3 is 2.92 bits per heavy atom. The maximum atomic E-state index is 8.97. The van der Waals surface area contributed by atoms with Gasteiger partial charge in [0.15, 0.2) is 0 Å². The SMILES string of the molecule is CC(O)CNc1[c]cc(N)cc1. The van der Waals surface area contributed by atoms with Crippen LogP contribution in [-0.2, 0) is 0 Å². The standard InChI is InChI=1S/C9H13N2O/c1-7(12)6-11-9-4-2-8(10)3-5-9/h2-4,7,11-12H,6,10H2,1H3. The van der Waals surface area contributed by atoms with Crippen molar-refractivity contribution in [2.24, 2.45) is 0 Å². The van der Waals surface area contributed by atoms with Crippen molar-refractivity contribution in [3.05, 3.63) is 24.3 Å². The normalized spacial score (nSPS) is 12.5. The van der Waals surface area contributed by atoms with Crippen LogP contribution in [0.1, 0.15) is 6.92 Å². The van der Waals surface area contributed by atoms with Gasteiger partial charge in [-0.25, -0.2) is 0 Å². The quantitative estimate of drug-likeness (QED) is 0.582. The van der Waals surface area contributed by atoms with Crippen molar-refractivity contribution in [1.29, 1.82) is 0 Å². The molecule has 0 spiro atoms. The molecule has 1 radical (unpaired) electrons. The van der Waals surface area contributed by atoms with Gasteiger partial charge in [0.25, 0.3) is 0 Å². The van der Waals surface area contributed by atoms with Crippen molar-refractivity contribution in [2.75, 3.05) is 17.6 Å². The van der Waals surface area contributed by atoms with Gasteiger partial charge >= 0.3 is 0 Å². The molecule has 0 saturated heterocycles. The molecular weight excluding hydrogens is 152 g/mol. The molecule has 0 amide bonds. The maximum Gasteiger partial charge on any atom is 0.0684 e. The summed E-state index contributed by atoms with van der Waals surface area (Å²) in [5, 5.41) is 12.0. The monoisotopic (exact) mass is 165 g/mol. The van der Waals surface area contributed by atoms with Crippen molar-refractivity contribution in [2.45, 2.75) is 13.0 Å². The average molecular weight is 165 g/mol. The Hall–Kier alpha value is -1.22. The lowest BCUT2D eigenvalue weighted by Gasteiger charge is -2.07. The minimum Gasteiger partial charge on any atom is -0.399 e. The van der Waals surface area contributed by atoms with Gasteiger partial charge < -0.3 is 16.2 Å². The number of benzene rings is 1. The van der Waals surface area contributed by atoms with Gasteiger partial charge in [0.2, 0.25) is 0 Å². The van der Waals surface area contributed by atoms with E-state index >= 15 is 0 Å². The lowest BCUT2D eigenvalue weighted by Crippen LogP contribution is -2.15. The summed E-state index contributed by atoms with van der Waals surface area (Å²) in [6.07, 6.45) is -0.351. The van der Waals surface area contributed by atoms with Gasteiger partial charge in [0, 0.05) is 24.0 Å². The molecule has 0 saturated carbocycles. The van der Waals surface area contributed by atoms with Crippen molar-refractivity contribution in [3.63, 3.8) is 0 Å². The van der Waals surface area contributed by atoms with E-state index in [-0.39, 0.29) is 6.10 Å².